The normalized spacial score (nSPS) is 11.4. The number of hydrogen-bond donors (Lipinski definition) is 2. The van der Waals surface area contributed by atoms with Crippen LogP contribution in [0.3, 0.4) is 0 Å². The molecule has 0 unspecified atom stereocenters. The van der Waals surface area contributed by atoms with Crippen molar-refractivity contribution in [3.63, 3.8) is 0 Å². The Morgan fingerprint density at radius 1 is 1.04 bits per heavy atom. The molecular formula is C17H10F3NO2. The highest BCUT2D eigenvalue weighted by atomic mass is 19.1. The van der Waals surface area contributed by atoms with Crippen molar-refractivity contribution in [1.29, 1.82) is 0 Å². The van der Waals surface area contributed by atoms with Crippen molar-refractivity contribution in [1.82, 2.24) is 4.98 Å². The summed E-state index contributed by atoms with van der Waals surface area (Å²) in [6, 6.07) is 7.23. The Hall–Kier alpha value is -3.02. The number of benzene rings is 2. The van der Waals surface area contributed by atoms with Gasteiger partial charge in [-0.25, -0.2) is 18.0 Å². The predicted octanol–water partition coefficient (Wildman–Crippen LogP) is 4.35. The SMILES string of the molecule is O=C(O)/C=C/c1c(-c2ccc(F)cc2)[nH]c2c(F)cc(F)cc12. The zero-order valence-electron chi connectivity index (χ0n) is 11.6. The fourth-order valence-electron chi connectivity index (χ4n) is 2.41. The largest absolute Gasteiger partial charge is 0.478 e. The number of halogens is 3. The molecule has 0 fully saturated rings. The molecule has 0 spiro atoms. The molecule has 2 aromatic carbocycles. The maximum Gasteiger partial charge on any atom is 0.328 e. The molecule has 2 N–H and O–H groups in total. The Morgan fingerprint density at radius 3 is 2.39 bits per heavy atom. The van der Waals surface area contributed by atoms with Crippen molar-refractivity contribution in [3.05, 3.63) is 65.5 Å². The van der Waals surface area contributed by atoms with Gasteiger partial charge in [0.15, 0.2) is 0 Å². The number of aromatic nitrogens is 1. The van der Waals surface area contributed by atoms with Gasteiger partial charge in [0.1, 0.15) is 17.5 Å². The molecule has 3 rings (SSSR count). The van der Waals surface area contributed by atoms with Crippen molar-refractivity contribution in [2.45, 2.75) is 0 Å². The molecule has 0 aliphatic heterocycles. The van der Waals surface area contributed by atoms with E-state index in [0.717, 1.165) is 18.2 Å². The van der Waals surface area contributed by atoms with Gasteiger partial charge in [-0.1, -0.05) is 0 Å². The van der Waals surface area contributed by atoms with Crippen molar-refractivity contribution in [3.8, 4) is 11.3 Å². The Balaban J connectivity index is 2.31. The predicted molar refractivity (Wildman–Crippen MR) is 80.3 cm³/mol. The lowest BCUT2D eigenvalue weighted by molar-refractivity contribution is -0.131. The van der Waals surface area contributed by atoms with E-state index in [1.165, 1.54) is 30.3 Å². The van der Waals surface area contributed by atoms with Crippen LogP contribution in [0.2, 0.25) is 0 Å². The number of carboxylic acids is 1. The summed E-state index contributed by atoms with van der Waals surface area (Å²) in [6.07, 6.45) is 2.12. The first-order chi connectivity index (χ1) is 11.0. The van der Waals surface area contributed by atoms with Crippen molar-refractivity contribution in [2.75, 3.05) is 0 Å². The molecule has 23 heavy (non-hydrogen) atoms. The van der Waals surface area contributed by atoms with Gasteiger partial charge in [0.2, 0.25) is 0 Å². The van der Waals surface area contributed by atoms with Gasteiger partial charge in [-0.2, -0.15) is 0 Å². The van der Waals surface area contributed by atoms with Crippen LogP contribution in [-0.2, 0) is 4.79 Å². The molecule has 0 saturated heterocycles. The van der Waals surface area contributed by atoms with Crippen LogP contribution in [0.25, 0.3) is 28.2 Å². The molecule has 0 radical (unpaired) electrons. The maximum atomic E-state index is 13.9. The summed E-state index contributed by atoms with van der Waals surface area (Å²) in [5.41, 5.74) is 1.26. The first kappa shape index (κ1) is 14.9. The van der Waals surface area contributed by atoms with E-state index in [2.05, 4.69) is 4.98 Å². The Kier molecular flexibility index (Phi) is 3.65. The minimum atomic E-state index is -1.19. The number of H-pyrrole nitrogens is 1. The van der Waals surface area contributed by atoms with E-state index in [-0.39, 0.29) is 10.9 Å². The number of carboxylic acid groups (broad SMARTS) is 1. The van der Waals surface area contributed by atoms with Crippen molar-refractivity contribution < 1.29 is 23.1 Å². The zero-order chi connectivity index (χ0) is 16.6. The van der Waals surface area contributed by atoms with Crippen LogP contribution in [0.4, 0.5) is 13.2 Å². The summed E-state index contributed by atoms with van der Waals surface area (Å²) in [6.45, 7) is 0. The Morgan fingerprint density at radius 2 is 1.74 bits per heavy atom. The second-order valence-corrected chi connectivity index (χ2v) is 4.90. The average Bonchev–Trinajstić information content (AvgIpc) is 2.84. The summed E-state index contributed by atoms with van der Waals surface area (Å²) in [4.78, 5) is 13.6. The molecule has 0 atom stereocenters. The average molecular weight is 317 g/mol. The molecule has 1 aromatic heterocycles. The van der Waals surface area contributed by atoms with E-state index in [1.807, 2.05) is 0 Å². The van der Waals surface area contributed by atoms with Crippen molar-refractivity contribution in [2.24, 2.45) is 0 Å². The van der Waals surface area contributed by atoms with E-state index in [9.17, 15) is 18.0 Å². The lowest BCUT2D eigenvalue weighted by Crippen LogP contribution is -1.87. The number of rotatable bonds is 3. The van der Waals surface area contributed by atoms with Gasteiger partial charge in [0, 0.05) is 23.1 Å². The van der Waals surface area contributed by atoms with Crippen LogP contribution in [0.5, 0.6) is 0 Å². The van der Waals surface area contributed by atoms with E-state index in [1.54, 1.807) is 0 Å². The van der Waals surface area contributed by atoms with Crippen LogP contribution < -0.4 is 0 Å². The third kappa shape index (κ3) is 2.83. The Labute approximate surface area is 128 Å². The van der Waals surface area contributed by atoms with Crippen LogP contribution >= 0.6 is 0 Å². The fourth-order valence-corrected chi connectivity index (χ4v) is 2.41. The summed E-state index contributed by atoms with van der Waals surface area (Å²) in [7, 11) is 0. The molecule has 0 aliphatic rings. The number of aromatic amines is 1. The fraction of sp³-hybridized carbons (Fsp3) is 0. The van der Waals surface area contributed by atoms with Gasteiger partial charge in [-0.3, -0.25) is 0 Å². The Bertz CT molecular complexity index is 927. The molecule has 0 bridgehead atoms. The van der Waals surface area contributed by atoms with Gasteiger partial charge >= 0.3 is 5.97 Å². The minimum Gasteiger partial charge on any atom is -0.478 e. The van der Waals surface area contributed by atoms with Gasteiger partial charge in [-0.15, -0.1) is 0 Å². The first-order valence-electron chi connectivity index (χ1n) is 6.63. The van der Waals surface area contributed by atoms with Crippen LogP contribution in [0.15, 0.2) is 42.5 Å². The van der Waals surface area contributed by atoms with E-state index in [4.69, 9.17) is 5.11 Å². The van der Waals surface area contributed by atoms with Crippen LogP contribution in [0, 0.1) is 17.5 Å². The summed E-state index contributed by atoms with van der Waals surface area (Å²) in [5, 5.41) is 9.00. The standard InChI is InChI=1S/C17H10F3NO2/c18-10-3-1-9(2-4-10)16-12(5-6-15(22)23)13-7-11(19)8-14(20)17(13)21-16/h1-8,21H,(H,22,23)/b6-5+. The molecule has 3 aromatic rings. The van der Waals surface area contributed by atoms with Crippen molar-refractivity contribution >= 4 is 22.9 Å². The van der Waals surface area contributed by atoms with Gasteiger partial charge < -0.3 is 10.1 Å². The number of carbonyl (C=O) groups is 1. The number of nitrogens with one attached hydrogen (secondary N) is 1. The van der Waals surface area contributed by atoms with Gasteiger partial charge in [0.25, 0.3) is 0 Å². The summed E-state index contributed by atoms with van der Waals surface area (Å²) < 4.78 is 40.5. The summed E-state index contributed by atoms with van der Waals surface area (Å²) in [5.74, 6) is -3.20. The molecular weight excluding hydrogens is 307 g/mol. The molecule has 0 saturated carbocycles. The second kappa shape index (κ2) is 5.64. The highest BCUT2D eigenvalue weighted by molar-refractivity contribution is 5.99. The smallest absolute Gasteiger partial charge is 0.328 e. The monoisotopic (exact) mass is 317 g/mol. The maximum absolute atomic E-state index is 13.9. The van der Waals surface area contributed by atoms with Gasteiger partial charge in [-0.05, 0) is 42.0 Å². The quantitative estimate of drug-likeness (QED) is 0.706. The summed E-state index contributed by atoms with van der Waals surface area (Å²) >= 11 is 0. The van der Waals surface area contributed by atoms with E-state index >= 15 is 0 Å². The molecule has 6 heteroatoms. The highest BCUT2D eigenvalue weighted by Crippen LogP contribution is 2.33. The third-order valence-electron chi connectivity index (χ3n) is 3.39. The molecule has 1 heterocycles. The van der Waals surface area contributed by atoms with Crippen LogP contribution in [0.1, 0.15) is 5.56 Å². The number of hydrogen-bond acceptors (Lipinski definition) is 1. The third-order valence-corrected chi connectivity index (χ3v) is 3.39. The highest BCUT2D eigenvalue weighted by Gasteiger charge is 2.15. The van der Waals surface area contributed by atoms with E-state index in [0.29, 0.717) is 16.8 Å². The van der Waals surface area contributed by atoms with Gasteiger partial charge in [0.05, 0.1) is 11.2 Å². The molecule has 0 aliphatic carbocycles. The topological polar surface area (TPSA) is 53.1 Å². The number of fused-ring (bicyclic) bond motifs is 1. The molecule has 0 amide bonds. The second-order valence-electron chi connectivity index (χ2n) is 4.90. The molecule has 116 valence electrons. The van der Waals surface area contributed by atoms with Crippen LogP contribution in [-0.4, -0.2) is 16.1 Å². The van der Waals surface area contributed by atoms with E-state index < -0.39 is 23.4 Å². The lowest BCUT2D eigenvalue weighted by Gasteiger charge is -2.01. The first-order valence-corrected chi connectivity index (χ1v) is 6.63. The zero-order valence-corrected chi connectivity index (χ0v) is 11.6. The lowest BCUT2D eigenvalue weighted by atomic mass is 10.0. The molecule has 3 nitrogen and oxygen atoms in total. The minimum absolute atomic E-state index is 0.0516. The number of aliphatic carboxylic acids is 1.